The van der Waals surface area contributed by atoms with E-state index < -0.39 is 0 Å². The lowest BCUT2D eigenvalue weighted by Crippen LogP contribution is -2.09. The Morgan fingerprint density at radius 2 is 2.10 bits per heavy atom. The van der Waals surface area contributed by atoms with E-state index in [0.29, 0.717) is 12.1 Å². The molecule has 1 aromatic carbocycles. The van der Waals surface area contributed by atoms with Crippen molar-refractivity contribution in [2.75, 3.05) is 24.3 Å². The van der Waals surface area contributed by atoms with E-state index in [1.54, 1.807) is 5.38 Å². The molecule has 2 rings (SSSR count). The Morgan fingerprint density at radius 3 is 2.65 bits per heavy atom. The average Bonchev–Trinajstić information content (AvgIpc) is 2.86. The van der Waals surface area contributed by atoms with Crippen LogP contribution in [0.15, 0.2) is 29.6 Å². The van der Waals surface area contributed by atoms with Crippen molar-refractivity contribution in [3.8, 4) is 0 Å². The normalized spacial score (nSPS) is 10.3. The Hall–Kier alpha value is -2.01. The highest BCUT2D eigenvalue weighted by Crippen LogP contribution is 2.23. The van der Waals surface area contributed by atoms with Crippen molar-refractivity contribution in [1.29, 1.82) is 0 Å². The van der Waals surface area contributed by atoms with Gasteiger partial charge in [0.2, 0.25) is 5.91 Å². The summed E-state index contributed by atoms with van der Waals surface area (Å²) < 4.78 is 0. The van der Waals surface area contributed by atoms with E-state index in [2.05, 4.69) is 35.3 Å². The standard InChI is InChI=1S/C15H19N3OS/c1-10-6-12(18(2)3)4-5-14(10)17-8-13-7-11(9-20-13)15(16)19/h4-7,9,17H,8H2,1-3H3,(H2,16,19). The Kier molecular flexibility index (Phi) is 4.29. The van der Waals surface area contributed by atoms with Crippen LogP contribution in [0.4, 0.5) is 11.4 Å². The number of amides is 1. The summed E-state index contributed by atoms with van der Waals surface area (Å²) in [7, 11) is 4.05. The molecule has 0 bridgehead atoms. The van der Waals surface area contributed by atoms with Gasteiger partial charge in [-0.25, -0.2) is 0 Å². The summed E-state index contributed by atoms with van der Waals surface area (Å²) in [5.41, 5.74) is 9.30. The van der Waals surface area contributed by atoms with Crippen LogP contribution in [0.25, 0.3) is 0 Å². The number of nitrogens with zero attached hydrogens (tertiary/aromatic N) is 1. The summed E-state index contributed by atoms with van der Waals surface area (Å²) >= 11 is 1.54. The van der Waals surface area contributed by atoms with Crippen LogP contribution in [0.2, 0.25) is 0 Å². The van der Waals surface area contributed by atoms with Crippen molar-refractivity contribution in [2.45, 2.75) is 13.5 Å². The van der Waals surface area contributed by atoms with Crippen molar-refractivity contribution in [1.82, 2.24) is 0 Å². The van der Waals surface area contributed by atoms with Crippen molar-refractivity contribution >= 4 is 28.6 Å². The Labute approximate surface area is 123 Å². The molecule has 0 unspecified atom stereocenters. The molecule has 4 nitrogen and oxygen atoms in total. The Balaban J connectivity index is 2.05. The number of anilines is 2. The number of thiophene rings is 1. The largest absolute Gasteiger partial charge is 0.380 e. The number of aryl methyl sites for hydroxylation is 1. The monoisotopic (exact) mass is 289 g/mol. The van der Waals surface area contributed by atoms with Crippen LogP contribution in [0.5, 0.6) is 0 Å². The molecule has 1 heterocycles. The van der Waals surface area contributed by atoms with Crippen LogP contribution in [0.1, 0.15) is 20.8 Å². The Bertz CT molecular complexity index is 619. The summed E-state index contributed by atoms with van der Waals surface area (Å²) in [5.74, 6) is -0.376. The number of benzene rings is 1. The van der Waals surface area contributed by atoms with Gasteiger partial charge in [0.25, 0.3) is 0 Å². The maximum absolute atomic E-state index is 11.0. The molecule has 106 valence electrons. The number of carbonyl (C=O) groups excluding carboxylic acids is 1. The van der Waals surface area contributed by atoms with Gasteiger partial charge < -0.3 is 16.0 Å². The van der Waals surface area contributed by atoms with E-state index in [4.69, 9.17) is 5.73 Å². The fourth-order valence-corrected chi connectivity index (χ4v) is 2.72. The molecule has 1 aromatic heterocycles. The second-order valence-electron chi connectivity index (χ2n) is 4.91. The second kappa shape index (κ2) is 5.96. The smallest absolute Gasteiger partial charge is 0.249 e. The van der Waals surface area contributed by atoms with Crippen molar-refractivity contribution in [3.63, 3.8) is 0 Å². The first-order valence-electron chi connectivity index (χ1n) is 6.36. The van der Waals surface area contributed by atoms with Gasteiger partial charge in [0, 0.05) is 42.3 Å². The minimum absolute atomic E-state index is 0.376. The summed E-state index contributed by atoms with van der Waals surface area (Å²) in [6.07, 6.45) is 0. The van der Waals surface area contributed by atoms with Crippen molar-refractivity contribution < 1.29 is 4.79 Å². The van der Waals surface area contributed by atoms with E-state index in [0.717, 1.165) is 10.6 Å². The highest BCUT2D eigenvalue weighted by molar-refractivity contribution is 7.10. The number of hydrogen-bond donors (Lipinski definition) is 2. The number of hydrogen-bond acceptors (Lipinski definition) is 4. The lowest BCUT2D eigenvalue weighted by Gasteiger charge is -2.15. The fourth-order valence-electron chi connectivity index (χ4n) is 1.91. The van der Waals surface area contributed by atoms with Crippen LogP contribution in [-0.2, 0) is 6.54 Å². The van der Waals surface area contributed by atoms with Gasteiger partial charge in [-0.1, -0.05) is 0 Å². The van der Waals surface area contributed by atoms with Gasteiger partial charge in [-0.05, 0) is 36.8 Å². The van der Waals surface area contributed by atoms with E-state index >= 15 is 0 Å². The molecule has 2 aromatic rings. The zero-order valence-corrected chi connectivity index (χ0v) is 12.8. The molecule has 0 atom stereocenters. The van der Waals surface area contributed by atoms with Gasteiger partial charge in [0.05, 0.1) is 5.56 Å². The molecule has 0 aliphatic carbocycles. The van der Waals surface area contributed by atoms with Gasteiger partial charge in [-0.3, -0.25) is 4.79 Å². The van der Waals surface area contributed by atoms with E-state index in [1.807, 2.05) is 20.2 Å². The van der Waals surface area contributed by atoms with Crippen LogP contribution in [0.3, 0.4) is 0 Å². The first-order valence-corrected chi connectivity index (χ1v) is 7.24. The zero-order valence-electron chi connectivity index (χ0n) is 11.9. The molecule has 5 heteroatoms. The van der Waals surface area contributed by atoms with Crippen LogP contribution in [0, 0.1) is 6.92 Å². The first-order chi connectivity index (χ1) is 9.47. The lowest BCUT2D eigenvalue weighted by molar-refractivity contribution is 0.100. The van der Waals surface area contributed by atoms with E-state index in [-0.39, 0.29) is 5.91 Å². The lowest BCUT2D eigenvalue weighted by atomic mass is 10.1. The van der Waals surface area contributed by atoms with E-state index in [9.17, 15) is 4.79 Å². The highest BCUT2D eigenvalue weighted by Gasteiger charge is 2.06. The molecular weight excluding hydrogens is 270 g/mol. The zero-order chi connectivity index (χ0) is 14.7. The second-order valence-corrected chi connectivity index (χ2v) is 5.91. The number of rotatable bonds is 5. The molecule has 1 amide bonds. The van der Waals surface area contributed by atoms with E-state index in [1.165, 1.54) is 22.6 Å². The van der Waals surface area contributed by atoms with Gasteiger partial charge in [0.15, 0.2) is 0 Å². The van der Waals surface area contributed by atoms with Crippen LogP contribution < -0.4 is 16.0 Å². The van der Waals surface area contributed by atoms with Crippen LogP contribution >= 0.6 is 11.3 Å². The molecular formula is C15H19N3OS. The number of carbonyl (C=O) groups is 1. The summed E-state index contributed by atoms with van der Waals surface area (Å²) in [6.45, 7) is 2.78. The average molecular weight is 289 g/mol. The SMILES string of the molecule is Cc1cc(N(C)C)ccc1NCc1cc(C(N)=O)cs1. The molecule has 0 radical (unpaired) electrons. The third-order valence-electron chi connectivity index (χ3n) is 3.12. The summed E-state index contributed by atoms with van der Waals surface area (Å²) in [4.78, 5) is 14.2. The molecule has 3 N–H and O–H groups in total. The minimum atomic E-state index is -0.376. The van der Waals surface area contributed by atoms with Gasteiger partial charge in [0.1, 0.15) is 0 Å². The Morgan fingerprint density at radius 1 is 1.35 bits per heavy atom. The van der Waals surface area contributed by atoms with Crippen LogP contribution in [-0.4, -0.2) is 20.0 Å². The van der Waals surface area contributed by atoms with Gasteiger partial charge in [-0.15, -0.1) is 11.3 Å². The molecule has 20 heavy (non-hydrogen) atoms. The predicted molar refractivity (Wildman–Crippen MR) is 85.7 cm³/mol. The highest BCUT2D eigenvalue weighted by atomic mass is 32.1. The summed E-state index contributed by atoms with van der Waals surface area (Å²) in [6, 6.07) is 8.14. The quantitative estimate of drug-likeness (QED) is 0.890. The molecule has 0 saturated carbocycles. The third kappa shape index (κ3) is 3.30. The first kappa shape index (κ1) is 14.4. The van der Waals surface area contributed by atoms with Gasteiger partial charge >= 0.3 is 0 Å². The molecule has 0 saturated heterocycles. The minimum Gasteiger partial charge on any atom is -0.380 e. The number of nitrogens with one attached hydrogen (secondary N) is 1. The third-order valence-corrected chi connectivity index (χ3v) is 4.05. The maximum Gasteiger partial charge on any atom is 0.249 e. The fraction of sp³-hybridized carbons (Fsp3) is 0.267. The molecule has 0 aliphatic heterocycles. The van der Waals surface area contributed by atoms with Crippen molar-refractivity contribution in [2.24, 2.45) is 5.73 Å². The molecule has 0 fully saturated rings. The van der Waals surface area contributed by atoms with Gasteiger partial charge in [-0.2, -0.15) is 0 Å². The predicted octanol–water partition coefficient (Wildman–Crippen LogP) is 2.83. The molecule has 0 aliphatic rings. The maximum atomic E-state index is 11.0. The summed E-state index contributed by atoms with van der Waals surface area (Å²) in [5, 5.41) is 5.18. The number of primary amides is 1. The number of nitrogens with two attached hydrogens (primary N) is 1. The topological polar surface area (TPSA) is 58.4 Å². The molecule has 0 spiro atoms. The van der Waals surface area contributed by atoms with Crippen molar-refractivity contribution in [3.05, 3.63) is 45.6 Å².